The number of piperidine rings is 2. The summed E-state index contributed by atoms with van der Waals surface area (Å²) in [6.45, 7) is 2.14. The number of azo groups is 1. The minimum atomic E-state index is -4.98. The lowest BCUT2D eigenvalue weighted by atomic mass is 9.84. The Kier molecular flexibility index (Phi) is 5.54. The average molecular weight is 430 g/mol. The number of likely N-dealkylation sites (tertiary alicyclic amines) is 2. The van der Waals surface area contributed by atoms with Crippen LogP contribution in [0, 0.1) is 17.6 Å². The molecule has 164 valence electrons. The number of fused-ring (bicyclic) bond motifs is 1. The number of nitrogens with zero attached hydrogens (tertiary/aromatic N) is 4. The molecule has 1 aromatic carbocycles. The van der Waals surface area contributed by atoms with Crippen molar-refractivity contribution >= 4 is 5.91 Å². The first kappa shape index (κ1) is 21.1. The Morgan fingerprint density at radius 3 is 2.43 bits per heavy atom. The maximum atomic E-state index is 13.9. The van der Waals surface area contributed by atoms with E-state index in [2.05, 4.69) is 15.1 Å². The topological polar surface area (TPSA) is 48.3 Å². The van der Waals surface area contributed by atoms with Gasteiger partial charge in [-0.1, -0.05) is 6.07 Å². The Bertz CT molecular complexity index is 850. The largest absolute Gasteiger partial charge is 0.419 e. The first-order chi connectivity index (χ1) is 14.2. The van der Waals surface area contributed by atoms with Crippen molar-refractivity contribution in [3.05, 3.63) is 34.9 Å². The molecule has 0 saturated carbocycles. The Hall–Kier alpha value is -2.10. The summed E-state index contributed by atoms with van der Waals surface area (Å²) in [4.78, 5) is 16.7. The van der Waals surface area contributed by atoms with Crippen LogP contribution in [0.15, 0.2) is 22.4 Å². The van der Waals surface area contributed by atoms with Crippen molar-refractivity contribution in [3.8, 4) is 0 Å². The molecule has 0 bridgehead atoms. The molecule has 3 aliphatic rings. The lowest BCUT2D eigenvalue weighted by Gasteiger charge is -2.36. The highest BCUT2D eigenvalue weighted by atomic mass is 19.4. The summed E-state index contributed by atoms with van der Waals surface area (Å²) in [7, 11) is 2.00. The maximum Gasteiger partial charge on any atom is 0.419 e. The first-order valence-electron chi connectivity index (χ1n) is 10.1. The predicted octanol–water partition coefficient (Wildman–Crippen LogP) is 3.84. The van der Waals surface area contributed by atoms with Crippen molar-refractivity contribution in [3.63, 3.8) is 0 Å². The second-order valence-corrected chi connectivity index (χ2v) is 8.38. The molecule has 2 saturated heterocycles. The van der Waals surface area contributed by atoms with Crippen LogP contribution in [0.2, 0.25) is 0 Å². The smallest absolute Gasteiger partial charge is 0.341 e. The molecule has 3 unspecified atom stereocenters. The number of carbonyl (C=O) groups excluding carboxylic acids is 1. The van der Waals surface area contributed by atoms with Crippen LogP contribution in [0.4, 0.5) is 22.0 Å². The van der Waals surface area contributed by atoms with Crippen LogP contribution in [0.1, 0.15) is 36.3 Å². The van der Waals surface area contributed by atoms with E-state index in [-0.39, 0.29) is 49.4 Å². The van der Waals surface area contributed by atoms with Gasteiger partial charge in [-0.25, -0.2) is 8.78 Å². The summed E-state index contributed by atoms with van der Waals surface area (Å²) in [5.74, 6) is -4.05. The van der Waals surface area contributed by atoms with Gasteiger partial charge in [0, 0.05) is 25.6 Å². The molecule has 0 spiro atoms. The molecule has 3 atom stereocenters. The molecular weight excluding hydrogens is 407 g/mol. The Morgan fingerprint density at radius 2 is 1.77 bits per heavy atom. The minimum absolute atomic E-state index is 0.00627. The van der Waals surface area contributed by atoms with E-state index in [1.165, 1.54) is 0 Å². The lowest BCUT2D eigenvalue weighted by Crippen LogP contribution is -2.49. The summed E-state index contributed by atoms with van der Waals surface area (Å²) in [6, 6.07) is 1.22. The van der Waals surface area contributed by atoms with Crippen molar-refractivity contribution in [2.75, 3.05) is 33.2 Å². The van der Waals surface area contributed by atoms with Gasteiger partial charge in [0.2, 0.25) is 5.91 Å². The highest BCUT2D eigenvalue weighted by molar-refractivity contribution is 5.83. The van der Waals surface area contributed by atoms with Crippen LogP contribution >= 0.6 is 0 Å². The van der Waals surface area contributed by atoms with Gasteiger partial charge in [-0.15, -0.1) is 0 Å². The number of alkyl halides is 3. The Labute approximate surface area is 170 Å². The van der Waals surface area contributed by atoms with Crippen molar-refractivity contribution in [1.82, 2.24) is 9.80 Å². The van der Waals surface area contributed by atoms with Gasteiger partial charge in [0.1, 0.15) is 0 Å². The van der Waals surface area contributed by atoms with Crippen molar-refractivity contribution in [2.45, 2.75) is 43.4 Å². The quantitative estimate of drug-likeness (QED) is 0.670. The van der Waals surface area contributed by atoms with E-state index in [9.17, 15) is 26.7 Å². The van der Waals surface area contributed by atoms with E-state index in [0.29, 0.717) is 0 Å². The molecular formula is C20H23F5N4O. The molecule has 30 heavy (non-hydrogen) atoms. The fourth-order valence-electron chi connectivity index (χ4n) is 4.87. The highest BCUT2D eigenvalue weighted by Gasteiger charge is 2.45. The monoisotopic (exact) mass is 430 g/mol. The lowest BCUT2D eigenvalue weighted by molar-refractivity contribution is -0.141. The Balaban J connectivity index is 1.45. The average Bonchev–Trinajstić information content (AvgIpc) is 3.11. The van der Waals surface area contributed by atoms with Crippen molar-refractivity contribution in [2.24, 2.45) is 16.1 Å². The summed E-state index contributed by atoms with van der Waals surface area (Å²) >= 11 is 0. The van der Waals surface area contributed by atoms with Gasteiger partial charge in [-0.05, 0) is 50.4 Å². The van der Waals surface area contributed by atoms with E-state index in [4.69, 9.17) is 0 Å². The third-order valence-electron chi connectivity index (χ3n) is 6.49. The van der Waals surface area contributed by atoms with Crippen molar-refractivity contribution < 1.29 is 26.7 Å². The molecule has 0 aromatic heterocycles. The molecule has 0 aliphatic carbocycles. The molecule has 3 aliphatic heterocycles. The molecule has 5 nitrogen and oxygen atoms in total. The summed E-state index contributed by atoms with van der Waals surface area (Å²) < 4.78 is 67.4. The van der Waals surface area contributed by atoms with Crippen molar-refractivity contribution in [1.29, 1.82) is 0 Å². The fourth-order valence-corrected chi connectivity index (χ4v) is 4.87. The number of hydrogen-bond donors (Lipinski definition) is 0. The number of rotatable bonds is 2. The van der Waals surface area contributed by atoms with Crippen LogP contribution in [0.25, 0.3) is 0 Å². The molecule has 0 N–H and O–H groups in total. The second kappa shape index (κ2) is 7.86. The zero-order valence-electron chi connectivity index (χ0n) is 16.5. The molecule has 0 radical (unpaired) electrons. The van der Waals surface area contributed by atoms with E-state index in [1.54, 1.807) is 4.90 Å². The maximum absolute atomic E-state index is 13.9. The molecule has 10 heteroatoms. The fraction of sp³-hybridized carbons (Fsp3) is 0.650. The standard InChI is InChI=1S/C20H23F5N4O/c1-28-7-6-13-15(10-28)26-27-18(13)19(30)29-8-4-11(5-9-29)12-2-3-14(21)17(22)16(12)20(23,24)25/h2-3,11,13,15,18H,4-10H2,1H3. The summed E-state index contributed by atoms with van der Waals surface area (Å²) in [5.41, 5.74) is -1.78. The zero-order chi connectivity index (χ0) is 21.6. The predicted molar refractivity (Wildman–Crippen MR) is 98.0 cm³/mol. The summed E-state index contributed by atoms with van der Waals surface area (Å²) in [6.07, 6.45) is -3.66. The number of amides is 1. The molecule has 4 rings (SSSR count). The molecule has 1 amide bonds. The van der Waals surface area contributed by atoms with Gasteiger partial charge in [0.15, 0.2) is 17.7 Å². The number of likely N-dealkylation sites (N-methyl/N-ethyl adjacent to an activating group) is 1. The summed E-state index contributed by atoms with van der Waals surface area (Å²) in [5, 5.41) is 8.46. The first-order valence-corrected chi connectivity index (χ1v) is 10.1. The van der Waals surface area contributed by atoms with Gasteiger partial charge in [-0.2, -0.15) is 23.4 Å². The SMILES string of the molecule is CN1CCC2C(C1)N=NC2C(=O)N1CCC(c2ccc(F)c(F)c2C(F)(F)F)CC1. The van der Waals surface area contributed by atoms with E-state index >= 15 is 0 Å². The third kappa shape index (κ3) is 3.81. The van der Waals surface area contributed by atoms with Gasteiger partial charge in [0.25, 0.3) is 0 Å². The van der Waals surface area contributed by atoms with Crippen LogP contribution in [0.5, 0.6) is 0 Å². The number of hydrogen-bond acceptors (Lipinski definition) is 4. The van der Waals surface area contributed by atoms with Crippen LogP contribution in [-0.2, 0) is 11.0 Å². The molecule has 3 heterocycles. The zero-order valence-corrected chi connectivity index (χ0v) is 16.5. The van der Waals surface area contributed by atoms with Gasteiger partial charge in [0.05, 0.1) is 11.6 Å². The number of halogens is 5. The minimum Gasteiger partial charge on any atom is -0.341 e. The second-order valence-electron chi connectivity index (χ2n) is 8.38. The van der Waals surface area contributed by atoms with E-state index in [0.717, 1.165) is 31.6 Å². The van der Waals surface area contributed by atoms with Gasteiger partial charge in [-0.3, -0.25) is 4.79 Å². The Morgan fingerprint density at radius 1 is 1.07 bits per heavy atom. The third-order valence-corrected chi connectivity index (χ3v) is 6.49. The number of carbonyl (C=O) groups is 1. The normalized spacial score (nSPS) is 28.1. The van der Waals surface area contributed by atoms with Crippen LogP contribution in [0.3, 0.4) is 0 Å². The highest BCUT2D eigenvalue weighted by Crippen LogP contribution is 2.41. The van der Waals surface area contributed by atoms with E-state index < -0.39 is 35.3 Å². The molecule has 1 aromatic rings. The van der Waals surface area contributed by atoms with Gasteiger partial charge < -0.3 is 9.80 Å². The van der Waals surface area contributed by atoms with E-state index in [1.807, 2.05) is 7.05 Å². The molecule has 2 fully saturated rings. The van der Waals surface area contributed by atoms with Crippen LogP contribution < -0.4 is 0 Å². The van der Waals surface area contributed by atoms with Crippen LogP contribution in [-0.4, -0.2) is 61.0 Å². The van der Waals surface area contributed by atoms with Gasteiger partial charge >= 0.3 is 6.18 Å². The number of benzene rings is 1.